The molecule has 0 saturated carbocycles. The Morgan fingerprint density at radius 3 is 2.79 bits per heavy atom. The van der Waals surface area contributed by atoms with E-state index in [-0.39, 0.29) is 5.82 Å². The lowest BCUT2D eigenvalue weighted by Crippen LogP contribution is -2.17. The first-order valence-corrected chi connectivity index (χ1v) is 6.95. The standard InChI is InChI=1S/C13H14BrClFN3/c1-7-13(14)12(19(2)18-7)6-11(17)9-5-8(15)3-4-10(9)16/h3-5,11H,6,17H2,1-2H3. The lowest BCUT2D eigenvalue weighted by atomic mass is 10.0. The maximum Gasteiger partial charge on any atom is 0.128 e. The van der Waals surface area contributed by atoms with Crippen molar-refractivity contribution in [1.82, 2.24) is 9.78 Å². The summed E-state index contributed by atoms with van der Waals surface area (Å²) in [6, 6.07) is 3.95. The van der Waals surface area contributed by atoms with Crippen molar-refractivity contribution in [2.45, 2.75) is 19.4 Å². The van der Waals surface area contributed by atoms with Gasteiger partial charge in [0.05, 0.1) is 15.9 Å². The highest BCUT2D eigenvalue weighted by atomic mass is 79.9. The van der Waals surface area contributed by atoms with Crippen molar-refractivity contribution < 1.29 is 4.39 Å². The highest BCUT2D eigenvalue weighted by molar-refractivity contribution is 9.10. The Morgan fingerprint density at radius 1 is 1.53 bits per heavy atom. The topological polar surface area (TPSA) is 43.8 Å². The molecule has 0 aliphatic heterocycles. The zero-order valence-electron chi connectivity index (χ0n) is 10.6. The fraction of sp³-hybridized carbons (Fsp3) is 0.308. The Balaban J connectivity index is 2.30. The molecule has 0 radical (unpaired) electrons. The number of aryl methyl sites for hydroxylation is 2. The largest absolute Gasteiger partial charge is 0.324 e. The lowest BCUT2D eigenvalue weighted by molar-refractivity contribution is 0.568. The molecule has 1 aromatic carbocycles. The molecule has 0 saturated heterocycles. The summed E-state index contributed by atoms with van der Waals surface area (Å²) in [5.74, 6) is -0.341. The molecule has 1 unspecified atom stereocenters. The van der Waals surface area contributed by atoms with Crippen LogP contribution in [0.5, 0.6) is 0 Å². The molecular formula is C13H14BrClFN3. The van der Waals surface area contributed by atoms with Gasteiger partial charge in [-0.15, -0.1) is 0 Å². The van der Waals surface area contributed by atoms with Crippen molar-refractivity contribution in [1.29, 1.82) is 0 Å². The molecule has 0 amide bonds. The molecule has 0 bridgehead atoms. The molecule has 0 aliphatic carbocycles. The van der Waals surface area contributed by atoms with Gasteiger partial charge in [0, 0.05) is 30.1 Å². The molecule has 1 atom stereocenters. The molecule has 2 aromatic rings. The smallest absolute Gasteiger partial charge is 0.128 e. The minimum Gasteiger partial charge on any atom is -0.324 e. The third-order valence-electron chi connectivity index (χ3n) is 3.03. The Morgan fingerprint density at radius 2 is 2.21 bits per heavy atom. The van der Waals surface area contributed by atoms with Gasteiger partial charge in [0.25, 0.3) is 0 Å². The van der Waals surface area contributed by atoms with Gasteiger partial charge in [-0.25, -0.2) is 4.39 Å². The minimum atomic E-state index is -0.468. The van der Waals surface area contributed by atoms with E-state index < -0.39 is 6.04 Å². The number of aromatic nitrogens is 2. The predicted octanol–water partition coefficient (Wildman–Crippen LogP) is 3.53. The first kappa shape index (κ1) is 14.5. The second-order valence-electron chi connectivity index (χ2n) is 4.45. The van der Waals surface area contributed by atoms with Crippen molar-refractivity contribution in [3.8, 4) is 0 Å². The number of hydrogen-bond acceptors (Lipinski definition) is 2. The summed E-state index contributed by atoms with van der Waals surface area (Å²) >= 11 is 9.36. The van der Waals surface area contributed by atoms with Gasteiger partial charge in [-0.1, -0.05) is 11.6 Å². The molecule has 6 heteroatoms. The van der Waals surface area contributed by atoms with Gasteiger partial charge in [-0.05, 0) is 41.1 Å². The van der Waals surface area contributed by atoms with Crippen molar-refractivity contribution in [2.75, 3.05) is 0 Å². The quantitative estimate of drug-likeness (QED) is 0.924. The second kappa shape index (κ2) is 5.61. The molecule has 19 heavy (non-hydrogen) atoms. The number of rotatable bonds is 3. The summed E-state index contributed by atoms with van der Waals surface area (Å²) in [6.45, 7) is 1.90. The number of benzene rings is 1. The van der Waals surface area contributed by atoms with Gasteiger partial charge in [0.1, 0.15) is 5.82 Å². The summed E-state index contributed by atoms with van der Waals surface area (Å²) in [7, 11) is 1.84. The van der Waals surface area contributed by atoms with E-state index in [2.05, 4.69) is 21.0 Å². The van der Waals surface area contributed by atoms with Gasteiger partial charge in [-0.2, -0.15) is 5.10 Å². The van der Waals surface area contributed by atoms with E-state index in [0.717, 1.165) is 15.9 Å². The molecule has 2 N–H and O–H groups in total. The van der Waals surface area contributed by atoms with Crippen LogP contribution in [-0.4, -0.2) is 9.78 Å². The maximum atomic E-state index is 13.8. The van der Waals surface area contributed by atoms with Gasteiger partial charge >= 0.3 is 0 Å². The van der Waals surface area contributed by atoms with Crippen LogP contribution in [0, 0.1) is 12.7 Å². The van der Waals surface area contributed by atoms with Gasteiger partial charge < -0.3 is 5.73 Å². The molecule has 1 heterocycles. The summed E-state index contributed by atoms with van der Waals surface area (Å²) in [6.07, 6.45) is 0.481. The number of nitrogens with zero attached hydrogens (tertiary/aromatic N) is 2. The van der Waals surface area contributed by atoms with Crippen LogP contribution < -0.4 is 5.73 Å². The molecule has 3 nitrogen and oxygen atoms in total. The lowest BCUT2D eigenvalue weighted by Gasteiger charge is -2.14. The minimum absolute atomic E-state index is 0.341. The van der Waals surface area contributed by atoms with Gasteiger partial charge in [-0.3, -0.25) is 4.68 Å². The first-order chi connectivity index (χ1) is 8.90. The molecule has 0 aliphatic rings. The van der Waals surface area contributed by atoms with Crippen molar-refractivity contribution in [3.05, 3.63) is 50.5 Å². The van der Waals surface area contributed by atoms with E-state index in [9.17, 15) is 4.39 Å². The third kappa shape index (κ3) is 2.99. The Bertz CT molecular complexity index is 612. The third-order valence-corrected chi connectivity index (χ3v) is 4.30. The number of halogens is 3. The highest BCUT2D eigenvalue weighted by Gasteiger charge is 2.18. The fourth-order valence-corrected chi connectivity index (χ4v) is 2.70. The molecular weight excluding hydrogens is 333 g/mol. The number of hydrogen-bond donors (Lipinski definition) is 1. The van der Waals surface area contributed by atoms with E-state index in [1.54, 1.807) is 10.7 Å². The zero-order valence-corrected chi connectivity index (χ0v) is 13.0. The normalized spacial score (nSPS) is 12.7. The van der Waals surface area contributed by atoms with Crippen LogP contribution in [0.2, 0.25) is 5.02 Å². The molecule has 2 rings (SSSR count). The van der Waals surface area contributed by atoms with Crippen LogP contribution >= 0.6 is 27.5 Å². The van der Waals surface area contributed by atoms with Crippen molar-refractivity contribution in [2.24, 2.45) is 12.8 Å². The molecule has 0 spiro atoms. The molecule has 1 aromatic heterocycles. The highest BCUT2D eigenvalue weighted by Crippen LogP contribution is 2.27. The monoisotopic (exact) mass is 345 g/mol. The van der Waals surface area contributed by atoms with Crippen LogP contribution in [0.1, 0.15) is 23.0 Å². The second-order valence-corrected chi connectivity index (χ2v) is 5.68. The summed E-state index contributed by atoms with van der Waals surface area (Å²) in [5.41, 5.74) is 8.32. The Kier molecular flexibility index (Phi) is 4.28. The first-order valence-electron chi connectivity index (χ1n) is 5.78. The van der Waals surface area contributed by atoms with Crippen molar-refractivity contribution in [3.63, 3.8) is 0 Å². The zero-order chi connectivity index (χ0) is 14.2. The summed E-state index contributed by atoms with van der Waals surface area (Å²) < 4.78 is 16.4. The maximum absolute atomic E-state index is 13.8. The average Bonchev–Trinajstić information content (AvgIpc) is 2.59. The van der Waals surface area contributed by atoms with E-state index in [1.165, 1.54) is 12.1 Å². The SMILES string of the molecule is Cc1nn(C)c(CC(N)c2cc(Cl)ccc2F)c1Br. The van der Waals surface area contributed by atoms with Crippen LogP contribution in [-0.2, 0) is 13.5 Å². The average molecular weight is 347 g/mol. The predicted molar refractivity (Wildman–Crippen MR) is 77.7 cm³/mol. The molecule has 102 valence electrons. The number of nitrogens with two attached hydrogens (primary N) is 1. The van der Waals surface area contributed by atoms with Crippen LogP contribution in [0.4, 0.5) is 4.39 Å². The van der Waals surface area contributed by atoms with Gasteiger partial charge in [0.15, 0.2) is 0 Å². The van der Waals surface area contributed by atoms with E-state index >= 15 is 0 Å². The van der Waals surface area contributed by atoms with E-state index in [4.69, 9.17) is 17.3 Å². The fourth-order valence-electron chi connectivity index (χ4n) is 2.02. The van der Waals surface area contributed by atoms with Gasteiger partial charge in [0.2, 0.25) is 0 Å². The van der Waals surface area contributed by atoms with Crippen LogP contribution in [0.25, 0.3) is 0 Å². The summed E-state index contributed by atoms with van der Waals surface area (Å²) in [4.78, 5) is 0. The van der Waals surface area contributed by atoms with Crippen molar-refractivity contribution >= 4 is 27.5 Å². The van der Waals surface area contributed by atoms with E-state index in [1.807, 2.05) is 14.0 Å². The van der Waals surface area contributed by atoms with E-state index in [0.29, 0.717) is 17.0 Å². The summed E-state index contributed by atoms with van der Waals surface area (Å²) in [5, 5.41) is 4.77. The molecule has 0 fully saturated rings. The van der Waals surface area contributed by atoms with Crippen LogP contribution in [0.3, 0.4) is 0 Å². The van der Waals surface area contributed by atoms with Crippen LogP contribution in [0.15, 0.2) is 22.7 Å². The Hall–Kier alpha value is -0.910. The Labute approximate surface area is 124 Å².